The first-order valence-electron chi connectivity index (χ1n) is 7.58. The van der Waals surface area contributed by atoms with E-state index < -0.39 is 6.04 Å². The number of hydrogen-bond acceptors (Lipinski definition) is 5. The second-order valence-electron chi connectivity index (χ2n) is 5.95. The third-order valence-corrected chi connectivity index (χ3v) is 5.52. The summed E-state index contributed by atoms with van der Waals surface area (Å²) in [5.74, 6) is -0.549. The van der Waals surface area contributed by atoms with Crippen LogP contribution in [0, 0.1) is 5.92 Å². The van der Waals surface area contributed by atoms with E-state index in [1.54, 1.807) is 16.3 Å². The van der Waals surface area contributed by atoms with Crippen LogP contribution in [0.25, 0.3) is 0 Å². The molecular formula is C17H17N3O2S. The summed E-state index contributed by atoms with van der Waals surface area (Å²) >= 11 is 1.61. The number of nitrogens with one attached hydrogen (secondary N) is 1. The topological polar surface area (TPSA) is 52.7 Å². The molecule has 1 aromatic heterocycles. The normalized spacial score (nSPS) is 27.7. The van der Waals surface area contributed by atoms with Crippen molar-refractivity contribution in [3.8, 4) is 0 Å². The minimum absolute atomic E-state index is 0.0842. The lowest BCUT2D eigenvalue weighted by Gasteiger charge is -2.21. The standard InChI is InChI=1S/C17H17N3O2S/c1-19-15-13(14(18-19)12-8-5-9-23-12)16(21)20(17(15)22)10-11-6-3-2-4-7-11/h2-9,13-15,18H,10H2,1H3/t13-,14+,15+/m0/s1. The van der Waals surface area contributed by atoms with Crippen LogP contribution in [0.3, 0.4) is 0 Å². The van der Waals surface area contributed by atoms with Crippen molar-refractivity contribution < 1.29 is 9.59 Å². The number of amides is 2. The maximum Gasteiger partial charge on any atom is 0.249 e. The molecule has 0 bridgehead atoms. The van der Waals surface area contributed by atoms with Crippen molar-refractivity contribution in [3.63, 3.8) is 0 Å². The summed E-state index contributed by atoms with van der Waals surface area (Å²) in [4.78, 5) is 28.1. The van der Waals surface area contributed by atoms with Crippen molar-refractivity contribution in [3.05, 3.63) is 58.3 Å². The number of fused-ring (bicyclic) bond motifs is 1. The first-order valence-corrected chi connectivity index (χ1v) is 8.46. The van der Waals surface area contributed by atoms with Crippen LogP contribution in [0.15, 0.2) is 47.8 Å². The molecule has 3 atom stereocenters. The van der Waals surface area contributed by atoms with Crippen molar-refractivity contribution in [2.75, 3.05) is 7.05 Å². The zero-order valence-electron chi connectivity index (χ0n) is 12.7. The minimum Gasteiger partial charge on any atom is -0.276 e. The first kappa shape index (κ1) is 14.6. The number of likely N-dealkylation sites (tertiary alicyclic amines) is 1. The number of benzene rings is 1. The number of nitrogens with zero attached hydrogens (tertiary/aromatic N) is 2. The number of thiophene rings is 1. The van der Waals surface area contributed by atoms with Crippen molar-refractivity contribution in [2.45, 2.75) is 18.6 Å². The van der Waals surface area contributed by atoms with Gasteiger partial charge in [-0.2, -0.15) is 0 Å². The summed E-state index contributed by atoms with van der Waals surface area (Å²) in [6, 6.07) is 13.1. The summed E-state index contributed by atoms with van der Waals surface area (Å²) in [6.45, 7) is 0.344. The number of rotatable bonds is 3. The van der Waals surface area contributed by atoms with Gasteiger partial charge in [0.05, 0.1) is 18.5 Å². The highest BCUT2D eigenvalue weighted by molar-refractivity contribution is 7.10. The molecule has 0 radical (unpaired) electrons. The fourth-order valence-corrected chi connectivity index (χ4v) is 4.30. The quantitative estimate of drug-likeness (QED) is 0.874. The van der Waals surface area contributed by atoms with Crippen LogP contribution in [0.1, 0.15) is 16.5 Å². The second-order valence-corrected chi connectivity index (χ2v) is 6.93. The van der Waals surface area contributed by atoms with E-state index in [0.717, 1.165) is 10.4 Å². The van der Waals surface area contributed by atoms with E-state index in [9.17, 15) is 9.59 Å². The van der Waals surface area contributed by atoms with Gasteiger partial charge in [-0.3, -0.25) is 14.5 Å². The molecule has 2 aliphatic rings. The van der Waals surface area contributed by atoms with E-state index in [2.05, 4.69) is 5.43 Å². The summed E-state index contributed by atoms with van der Waals surface area (Å²) in [5, 5.41) is 3.79. The highest BCUT2D eigenvalue weighted by atomic mass is 32.1. The molecule has 5 nitrogen and oxygen atoms in total. The summed E-state index contributed by atoms with van der Waals surface area (Å²) in [6.07, 6.45) is 0. The predicted octanol–water partition coefficient (Wildman–Crippen LogP) is 1.79. The molecule has 2 aliphatic heterocycles. The van der Waals surface area contributed by atoms with Gasteiger partial charge in [0, 0.05) is 11.9 Å². The first-order chi connectivity index (χ1) is 11.2. The molecule has 6 heteroatoms. The molecule has 1 aromatic carbocycles. The van der Waals surface area contributed by atoms with E-state index in [4.69, 9.17) is 0 Å². The largest absolute Gasteiger partial charge is 0.276 e. The van der Waals surface area contributed by atoms with E-state index >= 15 is 0 Å². The Hall–Kier alpha value is -2.02. The van der Waals surface area contributed by atoms with Crippen LogP contribution in [0.5, 0.6) is 0 Å². The van der Waals surface area contributed by atoms with Gasteiger partial charge >= 0.3 is 0 Å². The molecule has 1 N–H and O–H groups in total. The molecule has 0 spiro atoms. The minimum atomic E-state index is -0.418. The van der Waals surface area contributed by atoms with Crippen molar-refractivity contribution in [2.24, 2.45) is 5.92 Å². The Balaban J connectivity index is 1.64. The van der Waals surface area contributed by atoms with Crippen molar-refractivity contribution >= 4 is 23.2 Å². The van der Waals surface area contributed by atoms with Gasteiger partial charge in [0.25, 0.3) is 0 Å². The van der Waals surface area contributed by atoms with E-state index in [-0.39, 0.29) is 23.8 Å². The molecule has 2 amide bonds. The lowest BCUT2D eigenvalue weighted by atomic mass is 9.95. The molecule has 3 heterocycles. The molecule has 2 aromatic rings. The average Bonchev–Trinajstić information content (AvgIpc) is 3.24. The van der Waals surface area contributed by atoms with Gasteiger partial charge in [0.2, 0.25) is 11.8 Å². The SMILES string of the molecule is CN1N[C@H](c2cccs2)[C@@H]2C(=O)N(Cc3ccccc3)C(=O)[C@@H]21. The van der Waals surface area contributed by atoms with Crippen LogP contribution in [-0.4, -0.2) is 34.8 Å². The van der Waals surface area contributed by atoms with Gasteiger partial charge < -0.3 is 0 Å². The van der Waals surface area contributed by atoms with Gasteiger partial charge in [-0.25, -0.2) is 10.4 Å². The predicted molar refractivity (Wildman–Crippen MR) is 87.2 cm³/mol. The lowest BCUT2D eigenvalue weighted by Crippen LogP contribution is -2.42. The smallest absolute Gasteiger partial charge is 0.249 e. The zero-order chi connectivity index (χ0) is 16.0. The molecule has 0 unspecified atom stereocenters. The fourth-order valence-electron chi connectivity index (χ4n) is 3.48. The Morgan fingerprint density at radius 1 is 1.09 bits per heavy atom. The highest BCUT2D eigenvalue weighted by Gasteiger charge is 2.57. The number of hydrogen-bond donors (Lipinski definition) is 1. The number of carbonyl (C=O) groups is 2. The Morgan fingerprint density at radius 2 is 1.87 bits per heavy atom. The zero-order valence-corrected chi connectivity index (χ0v) is 13.5. The van der Waals surface area contributed by atoms with Gasteiger partial charge in [0.15, 0.2) is 0 Å². The molecule has 118 valence electrons. The summed E-state index contributed by atoms with van der Waals surface area (Å²) < 4.78 is 0. The third kappa shape index (κ3) is 2.30. The van der Waals surface area contributed by atoms with Crippen LogP contribution >= 0.6 is 11.3 Å². The second kappa shape index (κ2) is 5.56. The number of imide groups is 1. The summed E-state index contributed by atoms with van der Waals surface area (Å²) in [7, 11) is 1.84. The maximum absolute atomic E-state index is 12.9. The van der Waals surface area contributed by atoms with Crippen molar-refractivity contribution in [1.82, 2.24) is 15.3 Å². The highest BCUT2D eigenvalue weighted by Crippen LogP contribution is 2.41. The Kier molecular flexibility index (Phi) is 3.52. The molecular weight excluding hydrogens is 310 g/mol. The molecule has 0 aliphatic carbocycles. The van der Waals surface area contributed by atoms with Gasteiger partial charge in [0.1, 0.15) is 6.04 Å². The molecule has 0 saturated carbocycles. The lowest BCUT2D eigenvalue weighted by molar-refractivity contribution is -0.142. The molecule has 2 fully saturated rings. The number of carbonyl (C=O) groups excluding carboxylic acids is 2. The Morgan fingerprint density at radius 3 is 2.57 bits per heavy atom. The van der Waals surface area contributed by atoms with Gasteiger partial charge in [-0.15, -0.1) is 11.3 Å². The van der Waals surface area contributed by atoms with Crippen LogP contribution in [0.4, 0.5) is 0 Å². The maximum atomic E-state index is 12.9. The van der Waals surface area contributed by atoms with Crippen molar-refractivity contribution in [1.29, 1.82) is 0 Å². The average molecular weight is 327 g/mol. The fraction of sp³-hybridized carbons (Fsp3) is 0.294. The monoisotopic (exact) mass is 327 g/mol. The molecule has 23 heavy (non-hydrogen) atoms. The van der Waals surface area contributed by atoms with Crippen LogP contribution < -0.4 is 5.43 Å². The molecule has 2 saturated heterocycles. The molecule has 4 rings (SSSR count). The summed E-state index contributed by atoms with van der Waals surface area (Å²) in [5.41, 5.74) is 4.25. The van der Waals surface area contributed by atoms with E-state index in [1.807, 2.05) is 54.9 Å². The van der Waals surface area contributed by atoms with Crippen LogP contribution in [-0.2, 0) is 16.1 Å². The van der Waals surface area contributed by atoms with E-state index in [0.29, 0.717) is 6.54 Å². The Labute approximate surface area is 138 Å². The van der Waals surface area contributed by atoms with Gasteiger partial charge in [-0.1, -0.05) is 36.4 Å². The Bertz CT molecular complexity index is 732. The number of likely N-dealkylation sites (N-methyl/N-ethyl adjacent to an activating group) is 1. The van der Waals surface area contributed by atoms with E-state index in [1.165, 1.54) is 4.90 Å². The third-order valence-electron chi connectivity index (χ3n) is 4.56. The van der Waals surface area contributed by atoms with Gasteiger partial charge in [-0.05, 0) is 17.0 Å². The van der Waals surface area contributed by atoms with Crippen LogP contribution in [0.2, 0.25) is 0 Å². The number of hydrazine groups is 1.